The molecule has 0 bridgehead atoms. The Morgan fingerprint density at radius 1 is 0.833 bits per heavy atom. The highest BCUT2D eigenvalue weighted by Crippen LogP contribution is 2.33. The third-order valence-electron chi connectivity index (χ3n) is 6.12. The summed E-state index contributed by atoms with van der Waals surface area (Å²) in [4.78, 5) is 13.8. The Bertz CT molecular complexity index is 1610. The van der Waals surface area contributed by atoms with Crippen LogP contribution in [0.15, 0.2) is 103 Å². The fraction of sp³-hybridized carbons (Fsp3) is 0.0714. The number of nitrogens with zero attached hydrogens (tertiary/aromatic N) is 5. The zero-order valence-electron chi connectivity index (χ0n) is 19.7. The highest BCUT2D eigenvalue weighted by atomic mass is 79.9. The second kappa shape index (κ2) is 9.75. The Morgan fingerprint density at radius 2 is 1.50 bits per heavy atom. The van der Waals surface area contributed by atoms with Gasteiger partial charge in [0.05, 0.1) is 43.5 Å². The van der Waals surface area contributed by atoms with E-state index in [0.717, 1.165) is 56.6 Å². The zero-order chi connectivity index (χ0) is 23.8. The van der Waals surface area contributed by atoms with Gasteiger partial charge in [0.1, 0.15) is 23.4 Å². The summed E-state index contributed by atoms with van der Waals surface area (Å²) >= 11 is 0. The lowest BCUT2D eigenvalue weighted by molar-refractivity contribution is -0.578. The van der Waals surface area contributed by atoms with E-state index < -0.39 is 0 Å². The lowest BCUT2D eigenvalue weighted by Gasteiger charge is -2.04. The Kier molecular flexibility index (Phi) is 6.35. The standard InChI is InChI=1S/C28H22N5O2.BrH/c1-34-21-7-3-19(4-8-21)25-15-23(27-17-29-11-13-32(25)27)31-24-16-26(33-14-12-30-18-28(24)33)20-5-9-22(35-2)10-6-20;/h3-18H,1-2H3;1H/q+1;/p-1. The van der Waals surface area contributed by atoms with Crippen molar-refractivity contribution >= 4 is 22.6 Å². The van der Waals surface area contributed by atoms with Gasteiger partial charge in [-0.3, -0.25) is 9.97 Å². The van der Waals surface area contributed by atoms with Crippen molar-refractivity contribution in [1.29, 1.82) is 0 Å². The predicted molar refractivity (Wildman–Crippen MR) is 134 cm³/mol. The number of aromatic nitrogens is 4. The molecule has 0 aliphatic carbocycles. The summed E-state index contributed by atoms with van der Waals surface area (Å²) in [5, 5.41) is 0. The van der Waals surface area contributed by atoms with Crippen molar-refractivity contribution < 1.29 is 31.0 Å². The van der Waals surface area contributed by atoms with Crippen LogP contribution in [0.1, 0.15) is 11.3 Å². The van der Waals surface area contributed by atoms with Gasteiger partial charge in [0.15, 0.2) is 6.20 Å². The van der Waals surface area contributed by atoms with Gasteiger partial charge in [-0.15, -0.1) is 0 Å². The van der Waals surface area contributed by atoms with E-state index in [1.807, 2.05) is 73.3 Å². The summed E-state index contributed by atoms with van der Waals surface area (Å²) in [5.74, 6) is 1.64. The average Bonchev–Trinajstić information content (AvgIpc) is 3.48. The number of rotatable bonds is 5. The first-order valence-corrected chi connectivity index (χ1v) is 11.2. The van der Waals surface area contributed by atoms with Crippen LogP contribution in [0.3, 0.4) is 0 Å². The van der Waals surface area contributed by atoms with Crippen molar-refractivity contribution in [3.8, 4) is 22.8 Å². The Morgan fingerprint density at radius 3 is 2.19 bits per heavy atom. The number of allylic oxidation sites excluding steroid dienone is 1. The molecule has 0 N–H and O–H groups in total. The number of halogens is 1. The molecule has 8 heteroatoms. The van der Waals surface area contributed by atoms with E-state index in [2.05, 4.69) is 31.1 Å². The first-order chi connectivity index (χ1) is 17.2. The van der Waals surface area contributed by atoms with E-state index in [0.29, 0.717) is 0 Å². The van der Waals surface area contributed by atoms with E-state index in [1.54, 1.807) is 26.6 Å². The Balaban J connectivity index is 0.00000267. The highest BCUT2D eigenvalue weighted by Gasteiger charge is 2.30. The quantitative estimate of drug-likeness (QED) is 0.319. The van der Waals surface area contributed by atoms with Crippen molar-refractivity contribution in [2.24, 2.45) is 4.99 Å². The topological polar surface area (TPSA) is 64.9 Å². The fourth-order valence-electron chi connectivity index (χ4n) is 4.35. The first kappa shape index (κ1) is 23.4. The summed E-state index contributed by atoms with van der Waals surface area (Å²) in [6.45, 7) is 0. The molecule has 5 aromatic rings. The fourth-order valence-corrected chi connectivity index (χ4v) is 4.35. The maximum Gasteiger partial charge on any atom is 0.255 e. The van der Waals surface area contributed by atoms with Crippen LogP contribution in [-0.4, -0.2) is 34.3 Å². The third kappa shape index (κ3) is 4.05. The second-order valence-corrected chi connectivity index (χ2v) is 8.06. The third-order valence-corrected chi connectivity index (χ3v) is 6.12. The van der Waals surface area contributed by atoms with E-state index in [-0.39, 0.29) is 17.0 Å². The first-order valence-electron chi connectivity index (χ1n) is 11.2. The minimum atomic E-state index is 0. The van der Waals surface area contributed by atoms with E-state index in [9.17, 15) is 0 Å². The molecule has 2 aromatic carbocycles. The summed E-state index contributed by atoms with van der Waals surface area (Å²) in [6, 6.07) is 18.1. The van der Waals surface area contributed by atoms with Crippen molar-refractivity contribution in [3.63, 3.8) is 0 Å². The molecule has 36 heavy (non-hydrogen) atoms. The molecule has 0 atom stereocenters. The normalized spacial score (nSPS) is 13.3. The number of methoxy groups -OCH3 is 2. The molecule has 1 aliphatic heterocycles. The molecular weight excluding hydrogens is 518 g/mol. The summed E-state index contributed by atoms with van der Waals surface area (Å²) < 4.78 is 14.8. The molecule has 3 aromatic heterocycles. The molecule has 0 saturated carbocycles. The maximum atomic E-state index is 5.32. The van der Waals surface area contributed by atoms with Crippen LogP contribution in [0.4, 0.5) is 5.69 Å². The van der Waals surface area contributed by atoms with Gasteiger partial charge in [0.2, 0.25) is 5.70 Å². The van der Waals surface area contributed by atoms with Crippen molar-refractivity contribution in [3.05, 3.63) is 109 Å². The van der Waals surface area contributed by atoms with Crippen molar-refractivity contribution in [1.82, 2.24) is 14.4 Å². The monoisotopic (exact) mass is 539 g/mol. The molecule has 0 amide bonds. The lowest BCUT2D eigenvalue weighted by Crippen LogP contribution is -3.00. The number of ether oxygens (including phenoxy) is 2. The van der Waals surface area contributed by atoms with E-state index in [4.69, 9.17) is 14.5 Å². The molecule has 0 saturated heterocycles. The van der Waals surface area contributed by atoms with Gasteiger partial charge >= 0.3 is 0 Å². The SMILES string of the molecule is COc1ccc(C2=CC(=Nc3cc(-c4ccc(OC)cc4)n4ccncc34)c3cncc[n+]32)cc1.[Br-]. The Hall–Kier alpha value is -4.30. The van der Waals surface area contributed by atoms with Gasteiger partial charge in [-0.05, 0) is 60.2 Å². The van der Waals surface area contributed by atoms with Crippen LogP contribution in [0.5, 0.6) is 11.5 Å². The zero-order valence-corrected chi connectivity index (χ0v) is 21.3. The average molecular weight is 540 g/mol. The largest absolute Gasteiger partial charge is 1.00 e. The van der Waals surface area contributed by atoms with Gasteiger partial charge in [-0.1, -0.05) is 0 Å². The molecule has 6 rings (SSSR count). The molecule has 0 fully saturated rings. The molecule has 0 unspecified atom stereocenters. The van der Waals surface area contributed by atoms with Crippen LogP contribution >= 0.6 is 0 Å². The van der Waals surface area contributed by atoms with Crippen LogP contribution in [0.2, 0.25) is 0 Å². The van der Waals surface area contributed by atoms with Crippen LogP contribution in [0, 0.1) is 0 Å². The van der Waals surface area contributed by atoms with Gasteiger partial charge < -0.3 is 30.9 Å². The van der Waals surface area contributed by atoms with Crippen molar-refractivity contribution in [2.45, 2.75) is 0 Å². The smallest absolute Gasteiger partial charge is 0.255 e. The molecule has 0 radical (unpaired) electrons. The minimum Gasteiger partial charge on any atom is -1.00 e. The summed E-state index contributed by atoms with van der Waals surface area (Å²) in [7, 11) is 3.34. The van der Waals surface area contributed by atoms with E-state index >= 15 is 0 Å². The van der Waals surface area contributed by atoms with Gasteiger partial charge in [0.25, 0.3) is 5.69 Å². The van der Waals surface area contributed by atoms with Crippen molar-refractivity contribution in [2.75, 3.05) is 14.2 Å². The predicted octanol–water partition coefficient (Wildman–Crippen LogP) is 1.73. The number of aliphatic imine (C=N–C) groups is 1. The van der Waals surface area contributed by atoms with Gasteiger partial charge in [0, 0.05) is 24.0 Å². The molecule has 1 aliphatic rings. The van der Waals surface area contributed by atoms with Crippen LogP contribution < -0.4 is 31.0 Å². The number of fused-ring (bicyclic) bond motifs is 2. The van der Waals surface area contributed by atoms with Gasteiger partial charge in [-0.25, -0.2) is 4.99 Å². The van der Waals surface area contributed by atoms with Crippen LogP contribution in [-0.2, 0) is 0 Å². The van der Waals surface area contributed by atoms with Gasteiger partial charge in [-0.2, -0.15) is 4.57 Å². The Labute approximate surface area is 218 Å². The maximum absolute atomic E-state index is 5.32. The lowest BCUT2D eigenvalue weighted by atomic mass is 10.1. The van der Waals surface area contributed by atoms with E-state index in [1.165, 1.54) is 0 Å². The molecule has 7 nitrogen and oxygen atoms in total. The number of benzene rings is 2. The molecular formula is C28H22BrN5O2. The summed E-state index contributed by atoms with van der Waals surface area (Å²) in [5.41, 5.74) is 7.71. The molecule has 4 heterocycles. The number of hydrogen-bond acceptors (Lipinski definition) is 5. The minimum absolute atomic E-state index is 0. The highest BCUT2D eigenvalue weighted by molar-refractivity contribution is 6.13. The summed E-state index contributed by atoms with van der Waals surface area (Å²) in [6.07, 6.45) is 13.2. The second-order valence-electron chi connectivity index (χ2n) is 8.06. The molecule has 0 spiro atoms. The molecule has 178 valence electrons. The van der Waals surface area contributed by atoms with Crippen LogP contribution in [0.25, 0.3) is 22.5 Å². The number of hydrogen-bond donors (Lipinski definition) is 0.